The normalized spacial score (nSPS) is 15.6. The predicted molar refractivity (Wildman–Crippen MR) is 131 cm³/mol. The van der Waals surface area contributed by atoms with E-state index in [1.807, 2.05) is 18.2 Å². The summed E-state index contributed by atoms with van der Waals surface area (Å²) in [6.07, 6.45) is 20.9. The van der Waals surface area contributed by atoms with Crippen molar-refractivity contribution in [1.82, 2.24) is 5.32 Å². The van der Waals surface area contributed by atoms with Gasteiger partial charge in [0, 0.05) is 19.3 Å². The third kappa shape index (κ3) is 10.7. The van der Waals surface area contributed by atoms with Gasteiger partial charge in [0.2, 0.25) is 0 Å². The quantitative estimate of drug-likeness (QED) is 0.204. The van der Waals surface area contributed by atoms with Crippen molar-refractivity contribution in [3.8, 4) is 0 Å². The van der Waals surface area contributed by atoms with Crippen molar-refractivity contribution in [2.45, 2.75) is 122 Å². The fraction of sp³-hybridized carbons (Fsp3) is 0.750. The molecule has 0 saturated carbocycles. The second-order valence-electron chi connectivity index (χ2n) is 9.43. The van der Waals surface area contributed by atoms with Gasteiger partial charge in [0.05, 0.1) is 0 Å². The average Bonchev–Trinajstić information content (AvgIpc) is 2.80. The molecule has 1 N–H and O–H groups in total. The second-order valence-corrected chi connectivity index (χ2v) is 9.43. The third-order valence-electron chi connectivity index (χ3n) is 6.75. The first kappa shape index (κ1) is 25.9. The van der Waals surface area contributed by atoms with Crippen molar-refractivity contribution in [3.05, 3.63) is 35.9 Å². The van der Waals surface area contributed by atoms with Crippen molar-refractivity contribution in [1.29, 1.82) is 0 Å². The number of nitrogens with one attached hydrogen (secondary N) is 1. The third-order valence-corrected chi connectivity index (χ3v) is 6.75. The SMILES string of the molecule is CCCCCCCCCCCCCCCCC(=O)OC1(c2ccccc2)CCNCC1. The molecule has 31 heavy (non-hydrogen) atoms. The zero-order chi connectivity index (χ0) is 22.0. The summed E-state index contributed by atoms with van der Waals surface area (Å²) in [4.78, 5) is 12.6. The van der Waals surface area contributed by atoms with Gasteiger partial charge in [-0.2, -0.15) is 0 Å². The van der Waals surface area contributed by atoms with E-state index in [-0.39, 0.29) is 5.97 Å². The number of unbranched alkanes of at least 4 members (excludes halogenated alkanes) is 13. The van der Waals surface area contributed by atoms with Crippen molar-refractivity contribution in [2.24, 2.45) is 0 Å². The monoisotopic (exact) mass is 429 g/mol. The van der Waals surface area contributed by atoms with E-state index in [2.05, 4.69) is 24.4 Å². The zero-order valence-electron chi connectivity index (χ0n) is 20.1. The van der Waals surface area contributed by atoms with E-state index in [0.29, 0.717) is 6.42 Å². The number of benzene rings is 1. The van der Waals surface area contributed by atoms with E-state index in [4.69, 9.17) is 4.74 Å². The summed E-state index contributed by atoms with van der Waals surface area (Å²) in [5.41, 5.74) is 0.713. The van der Waals surface area contributed by atoms with E-state index in [1.165, 1.54) is 77.0 Å². The van der Waals surface area contributed by atoms with Crippen LogP contribution in [0.2, 0.25) is 0 Å². The highest BCUT2D eigenvalue weighted by atomic mass is 16.6. The molecule has 2 rings (SSSR count). The molecule has 1 aromatic rings. The Kier molecular flexibility index (Phi) is 13.6. The lowest BCUT2D eigenvalue weighted by molar-refractivity contribution is -0.164. The number of ether oxygens (including phenoxy) is 1. The molecule has 0 amide bonds. The number of carbonyl (C=O) groups is 1. The Bertz CT molecular complexity index is 566. The van der Waals surface area contributed by atoms with E-state index in [0.717, 1.165) is 44.3 Å². The molecule has 0 unspecified atom stereocenters. The standard InChI is InChI=1S/C28H47NO2/c1-2-3-4-5-6-7-8-9-10-11-12-13-14-18-21-27(30)31-28(22-24-29-25-23-28)26-19-16-15-17-20-26/h15-17,19-20,29H,2-14,18,21-25H2,1H3. The highest BCUT2D eigenvalue weighted by Crippen LogP contribution is 2.35. The van der Waals surface area contributed by atoms with E-state index in [9.17, 15) is 4.79 Å². The maximum atomic E-state index is 12.6. The molecule has 1 heterocycles. The summed E-state index contributed by atoms with van der Waals surface area (Å²) in [7, 11) is 0. The molecule has 1 aliphatic rings. The molecule has 176 valence electrons. The van der Waals surface area contributed by atoms with Gasteiger partial charge < -0.3 is 10.1 Å². The second kappa shape index (κ2) is 16.3. The van der Waals surface area contributed by atoms with Gasteiger partial charge in [-0.05, 0) is 25.1 Å². The molecule has 0 aromatic heterocycles. The molecule has 3 heteroatoms. The molecule has 0 spiro atoms. The molecule has 1 fully saturated rings. The molecule has 1 aliphatic heterocycles. The Balaban J connectivity index is 1.49. The van der Waals surface area contributed by atoms with Crippen LogP contribution in [0.4, 0.5) is 0 Å². The van der Waals surface area contributed by atoms with Crippen molar-refractivity contribution in [3.63, 3.8) is 0 Å². The summed E-state index contributed by atoms with van der Waals surface area (Å²) in [6.45, 7) is 4.09. The maximum absolute atomic E-state index is 12.6. The predicted octanol–water partition coefficient (Wildman–Crippen LogP) is 7.68. The Morgan fingerprint density at radius 3 is 1.77 bits per heavy atom. The molecule has 3 nitrogen and oxygen atoms in total. The van der Waals surface area contributed by atoms with Crippen molar-refractivity contribution >= 4 is 5.97 Å². The molecular formula is C28H47NO2. The molecular weight excluding hydrogens is 382 g/mol. The summed E-state index contributed by atoms with van der Waals surface area (Å²) >= 11 is 0. The fourth-order valence-corrected chi connectivity index (χ4v) is 4.75. The van der Waals surface area contributed by atoms with Crippen LogP contribution in [0.15, 0.2) is 30.3 Å². The average molecular weight is 430 g/mol. The van der Waals surface area contributed by atoms with Crippen molar-refractivity contribution < 1.29 is 9.53 Å². The van der Waals surface area contributed by atoms with Gasteiger partial charge in [-0.25, -0.2) is 0 Å². The van der Waals surface area contributed by atoms with Crippen LogP contribution in [0.1, 0.15) is 122 Å². The minimum atomic E-state index is -0.431. The lowest BCUT2D eigenvalue weighted by Crippen LogP contribution is -2.43. The van der Waals surface area contributed by atoms with E-state index < -0.39 is 5.60 Å². The summed E-state index contributed by atoms with van der Waals surface area (Å²) < 4.78 is 6.10. The molecule has 0 radical (unpaired) electrons. The van der Waals surface area contributed by atoms with Crippen LogP contribution in [0.5, 0.6) is 0 Å². The van der Waals surface area contributed by atoms with Crippen LogP contribution in [-0.4, -0.2) is 19.1 Å². The first-order chi connectivity index (χ1) is 15.3. The van der Waals surface area contributed by atoms with Gasteiger partial charge in [0.15, 0.2) is 0 Å². The number of piperidine rings is 1. The number of hydrogen-bond acceptors (Lipinski definition) is 3. The fourth-order valence-electron chi connectivity index (χ4n) is 4.75. The van der Waals surface area contributed by atoms with Crippen LogP contribution in [0, 0.1) is 0 Å². The Morgan fingerprint density at radius 1 is 0.774 bits per heavy atom. The molecule has 0 aliphatic carbocycles. The van der Waals surface area contributed by atoms with Crippen LogP contribution < -0.4 is 5.32 Å². The minimum absolute atomic E-state index is 0.0234. The van der Waals surface area contributed by atoms with Gasteiger partial charge in [-0.15, -0.1) is 0 Å². The zero-order valence-corrected chi connectivity index (χ0v) is 20.1. The van der Waals surface area contributed by atoms with Crippen molar-refractivity contribution in [2.75, 3.05) is 13.1 Å². The van der Waals surface area contributed by atoms with Gasteiger partial charge >= 0.3 is 5.97 Å². The number of rotatable bonds is 17. The van der Waals surface area contributed by atoms with Crippen LogP contribution in [0.25, 0.3) is 0 Å². The minimum Gasteiger partial charge on any atom is -0.454 e. The molecule has 0 bridgehead atoms. The van der Waals surface area contributed by atoms with Gasteiger partial charge in [0.25, 0.3) is 0 Å². The Labute approximate surface area is 191 Å². The number of carbonyl (C=O) groups excluding carboxylic acids is 1. The first-order valence-electron chi connectivity index (χ1n) is 13.2. The smallest absolute Gasteiger partial charge is 0.306 e. The van der Waals surface area contributed by atoms with Gasteiger partial charge in [-0.3, -0.25) is 4.79 Å². The van der Waals surface area contributed by atoms with E-state index in [1.54, 1.807) is 0 Å². The summed E-state index contributed by atoms with van der Waals surface area (Å²) in [5.74, 6) is -0.0234. The van der Waals surface area contributed by atoms with Gasteiger partial charge in [0.1, 0.15) is 5.60 Å². The summed E-state index contributed by atoms with van der Waals surface area (Å²) in [6, 6.07) is 10.3. The topological polar surface area (TPSA) is 38.3 Å². The molecule has 1 saturated heterocycles. The number of hydrogen-bond donors (Lipinski definition) is 1. The lowest BCUT2D eigenvalue weighted by Gasteiger charge is -2.37. The number of esters is 1. The Morgan fingerprint density at radius 2 is 1.26 bits per heavy atom. The summed E-state index contributed by atoms with van der Waals surface area (Å²) in [5, 5.41) is 3.39. The first-order valence-corrected chi connectivity index (χ1v) is 13.2. The van der Waals surface area contributed by atoms with Crippen LogP contribution in [0.3, 0.4) is 0 Å². The highest BCUT2D eigenvalue weighted by Gasteiger charge is 2.37. The lowest BCUT2D eigenvalue weighted by atomic mass is 9.84. The van der Waals surface area contributed by atoms with Gasteiger partial charge in [-0.1, -0.05) is 121 Å². The molecule has 1 aromatic carbocycles. The Hall–Kier alpha value is -1.35. The molecule has 0 atom stereocenters. The van der Waals surface area contributed by atoms with Crippen LogP contribution in [-0.2, 0) is 15.1 Å². The maximum Gasteiger partial charge on any atom is 0.306 e. The highest BCUT2D eigenvalue weighted by molar-refractivity contribution is 5.70. The van der Waals surface area contributed by atoms with Crippen LogP contribution >= 0.6 is 0 Å². The van der Waals surface area contributed by atoms with E-state index >= 15 is 0 Å². The largest absolute Gasteiger partial charge is 0.454 e.